The van der Waals surface area contributed by atoms with E-state index in [-0.39, 0.29) is 0 Å². The van der Waals surface area contributed by atoms with E-state index in [0.717, 1.165) is 13.1 Å². The summed E-state index contributed by atoms with van der Waals surface area (Å²) in [5.41, 5.74) is 0.420. The Morgan fingerprint density at radius 3 is 2.75 bits per heavy atom. The molecule has 5 nitrogen and oxygen atoms in total. The average molecular weight is 217 g/mol. The molecule has 0 spiro atoms. The first kappa shape index (κ1) is 10.8. The first-order chi connectivity index (χ1) is 7.69. The molecule has 0 saturated carbocycles. The zero-order chi connectivity index (χ0) is 11.5. The number of hydrogen-bond donors (Lipinski definition) is 1. The molecule has 0 bridgehead atoms. The minimum Gasteiger partial charge on any atom is -0.338 e. The van der Waals surface area contributed by atoms with Crippen LogP contribution >= 0.6 is 0 Å². The van der Waals surface area contributed by atoms with Crippen LogP contribution in [-0.2, 0) is 0 Å². The van der Waals surface area contributed by atoms with Crippen LogP contribution in [0.4, 0.5) is 5.95 Å². The molecule has 1 aliphatic rings. The molecule has 0 aliphatic carbocycles. The highest BCUT2D eigenvalue weighted by atomic mass is 15.3. The second-order valence-electron chi connectivity index (χ2n) is 4.23. The van der Waals surface area contributed by atoms with Crippen LogP contribution in [0, 0.1) is 11.3 Å². The summed E-state index contributed by atoms with van der Waals surface area (Å²) in [6.45, 7) is 6.02. The fraction of sp³-hybridized carbons (Fsp3) is 0.545. The molecular weight excluding hydrogens is 202 g/mol. The first-order valence-corrected chi connectivity index (χ1v) is 5.43. The minimum atomic E-state index is 0.415. The zero-order valence-electron chi connectivity index (χ0n) is 9.51. The van der Waals surface area contributed by atoms with Gasteiger partial charge < -0.3 is 10.2 Å². The Morgan fingerprint density at radius 1 is 1.44 bits per heavy atom. The zero-order valence-corrected chi connectivity index (χ0v) is 9.51. The quantitative estimate of drug-likeness (QED) is 0.743. The topological polar surface area (TPSA) is 64.8 Å². The van der Waals surface area contributed by atoms with Gasteiger partial charge in [0.15, 0.2) is 0 Å². The lowest BCUT2D eigenvalue weighted by Gasteiger charge is -2.36. The number of nitrogens with zero attached hydrogens (tertiary/aromatic N) is 4. The third-order valence-electron chi connectivity index (χ3n) is 2.60. The summed E-state index contributed by atoms with van der Waals surface area (Å²) < 4.78 is 0. The molecule has 2 atom stereocenters. The molecule has 0 radical (unpaired) electrons. The molecule has 1 aromatic rings. The predicted octanol–water partition coefficient (Wildman–Crippen LogP) is 0.535. The van der Waals surface area contributed by atoms with Crippen molar-refractivity contribution < 1.29 is 0 Å². The SMILES string of the molecule is C[C@@H]1CN(c2nccc(C#N)n2)C[C@H](C)N1. The second kappa shape index (κ2) is 4.45. The Morgan fingerprint density at radius 2 is 2.12 bits per heavy atom. The van der Waals surface area contributed by atoms with Gasteiger partial charge >= 0.3 is 0 Å². The monoisotopic (exact) mass is 217 g/mol. The van der Waals surface area contributed by atoms with Crippen molar-refractivity contribution in [2.45, 2.75) is 25.9 Å². The van der Waals surface area contributed by atoms with Crippen LogP contribution in [0.2, 0.25) is 0 Å². The van der Waals surface area contributed by atoms with Gasteiger partial charge in [-0.05, 0) is 19.9 Å². The second-order valence-corrected chi connectivity index (χ2v) is 4.23. The van der Waals surface area contributed by atoms with Gasteiger partial charge in [-0.1, -0.05) is 0 Å². The van der Waals surface area contributed by atoms with E-state index in [4.69, 9.17) is 5.26 Å². The molecule has 1 saturated heterocycles. The van der Waals surface area contributed by atoms with Gasteiger partial charge in [-0.2, -0.15) is 5.26 Å². The number of nitriles is 1. The van der Waals surface area contributed by atoms with Gasteiger partial charge in [0.05, 0.1) is 0 Å². The van der Waals surface area contributed by atoms with Crippen molar-refractivity contribution in [2.24, 2.45) is 0 Å². The van der Waals surface area contributed by atoms with Crippen molar-refractivity contribution in [3.8, 4) is 6.07 Å². The number of piperazine rings is 1. The Bertz CT molecular complexity index is 401. The van der Waals surface area contributed by atoms with E-state index in [1.165, 1.54) is 0 Å². The Balaban J connectivity index is 2.20. The lowest BCUT2D eigenvalue weighted by molar-refractivity contribution is 0.403. The molecule has 1 aromatic heterocycles. The fourth-order valence-electron chi connectivity index (χ4n) is 2.05. The largest absolute Gasteiger partial charge is 0.338 e. The summed E-state index contributed by atoms with van der Waals surface area (Å²) in [7, 11) is 0. The van der Waals surface area contributed by atoms with Crippen LogP contribution in [0.3, 0.4) is 0 Å². The van der Waals surface area contributed by atoms with Crippen molar-refractivity contribution in [3.05, 3.63) is 18.0 Å². The molecule has 1 fully saturated rings. The van der Waals surface area contributed by atoms with E-state index in [9.17, 15) is 0 Å². The van der Waals surface area contributed by atoms with Crippen LogP contribution in [0.5, 0.6) is 0 Å². The van der Waals surface area contributed by atoms with Gasteiger partial charge in [-0.25, -0.2) is 9.97 Å². The van der Waals surface area contributed by atoms with Gasteiger partial charge in [-0.3, -0.25) is 0 Å². The fourth-order valence-corrected chi connectivity index (χ4v) is 2.05. The summed E-state index contributed by atoms with van der Waals surface area (Å²) in [5.74, 6) is 0.652. The van der Waals surface area contributed by atoms with Crippen LogP contribution in [0.15, 0.2) is 12.3 Å². The maximum absolute atomic E-state index is 8.79. The first-order valence-electron chi connectivity index (χ1n) is 5.43. The van der Waals surface area contributed by atoms with Gasteiger partial charge in [0, 0.05) is 31.4 Å². The highest BCUT2D eigenvalue weighted by Crippen LogP contribution is 2.12. The number of hydrogen-bond acceptors (Lipinski definition) is 5. The lowest BCUT2D eigenvalue weighted by Crippen LogP contribution is -2.54. The number of nitrogens with one attached hydrogen (secondary N) is 1. The summed E-state index contributed by atoms with van der Waals surface area (Å²) in [6.07, 6.45) is 1.64. The minimum absolute atomic E-state index is 0.415. The van der Waals surface area contributed by atoms with E-state index in [1.807, 2.05) is 6.07 Å². The summed E-state index contributed by atoms with van der Waals surface area (Å²) in [5, 5.41) is 12.2. The smallest absolute Gasteiger partial charge is 0.226 e. The standard InChI is InChI=1S/C11H15N5/c1-8-6-16(7-9(2)14-8)11-13-4-3-10(5-12)15-11/h3-4,8-9,14H,6-7H2,1-2H3/t8-,9+. The molecule has 0 aromatic carbocycles. The van der Waals surface area contributed by atoms with Crippen molar-refractivity contribution in [3.63, 3.8) is 0 Å². The van der Waals surface area contributed by atoms with E-state index < -0.39 is 0 Å². The van der Waals surface area contributed by atoms with Crippen LogP contribution < -0.4 is 10.2 Å². The van der Waals surface area contributed by atoms with Crippen LogP contribution in [0.1, 0.15) is 19.5 Å². The molecule has 2 rings (SSSR count). The van der Waals surface area contributed by atoms with Crippen molar-refractivity contribution in [1.82, 2.24) is 15.3 Å². The van der Waals surface area contributed by atoms with Gasteiger partial charge in [0.1, 0.15) is 11.8 Å². The lowest BCUT2D eigenvalue weighted by atomic mass is 10.1. The molecule has 16 heavy (non-hydrogen) atoms. The summed E-state index contributed by atoms with van der Waals surface area (Å²) in [6, 6.07) is 4.49. The molecule has 5 heteroatoms. The third-order valence-corrected chi connectivity index (χ3v) is 2.60. The third kappa shape index (κ3) is 2.28. The van der Waals surface area contributed by atoms with E-state index in [0.29, 0.717) is 23.7 Å². The molecular formula is C11H15N5. The van der Waals surface area contributed by atoms with Crippen molar-refractivity contribution >= 4 is 5.95 Å². The summed E-state index contributed by atoms with van der Waals surface area (Å²) in [4.78, 5) is 10.5. The molecule has 1 aliphatic heterocycles. The Kier molecular flexibility index (Phi) is 3.02. The van der Waals surface area contributed by atoms with Crippen LogP contribution in [0.25, 0.3) is 0 Å². The van der Waals surface area contributed by atoms with E-state index in [2.05, 4.69) is 34.0 Å². The van der Waals surface area contributed by atoms with Crippen molar-refractivity contribution in [2.75, 3.05) is 18.0 Å². The predicted molar refractivity (Wildman–Crippen MR) is 61.0 cm³/mol. The van der Waals surface area contributed by atoms with E-state index >= 15 is 0 Å². The highest BCUT2D eigenvalue weighted by molar-refractivity contribution is 5.34. The number of anilines is 1. The molecule has 0 unspecified atom stereocenters. The van der Waals surface area contributed by atoms with E-state index in [1.54, 1.807) is 12.3 Å². The molecule has 1 N–H and O–H groups in total. The van der Waals surface area contributed by atoms with Crippen molar-refractivity contribution in [1.29, 1.82) is 5.26 Å². The Hall–Kier alpha value is -1.67. The maximum Gasteiger partial charge on any atom is 0.226 e. The number of aromatic nitrogens is 2. The molecule has 0 amide bonds. The Labute approximate surface area is 95.1 Å². The summed E-state index contributed by atoms with van der Waals surface area (Å²) >= 11 is 0. The molecule has 84 valence electrons. The highest BCUT2D eigenvalue weighted by Gasteiger charge is 2.22. The van der Waals surface area contributed by atoms with Gasteiger partial charge in [0.25, 0.3) is 0 Å². The average Bonchev–Trinajstić information content (AvgIpc) is 2.28. The maximum atomic E-state index is 8.79. The van der Waals surface area contributed by atoms with Gasteiger partial charge in [-0.15, -0.1) is 0 Å². The number of rotatable bonds is 1. The molecule has 2 heterocycles. The van der Waals surface area contributed by atoms with Crippen LogP contribution in [-0.4, -0.2) is 35.1 Å². The van der Waals surface area contributed by atoms with Gasteiger partial charge in [0.2, 0.25) is 5.95 Å². The normalized spacial score (nSPS) is 25.2.